The first-order valence-corrected chi connectivity index (χ1v) is 9.60. The Balaban J connectivity index is 1.97. The van der Waals surface area contributed by atoms with Crippen LogP contribution in [-0.4, -0.2) is 61.3 Å². The molecule has 160 valence electrons. The average molecular weight is 410 g/mol. The molecule has 9 heteroatoms. The zero-order valence-electron chi connectivity index (χ0n) is 17.0. The summed E-state index contributed by atoms with van der Waals surface area (Å²) in [6.07, 6.45) is -1.50. The Hall–Kier alpha value is -2.71. The van der Waals surface area contributed by atoms with E-state index in [1.165, 1.54) is 6.92 Å². The Labute approximate surface area is 169 Å². The van der Waals surface area contributed by atoms with Crippen LogP contribution in [0.5, 0.6) is 5.75 Å². The maximum atomic E-state index is 14.5. The number of ether oxygens (including phenoxy) is 2. The second-order valence-corrected chi connectivity index (χ2v) is 6.76. The maximum Gasteiger partial charge on any atom is 0.231 e. The first-order valence-electron chi connectivity index (χ1n) is 9.60. The molecule has 0 saturated carbocycles. The number of halogens is 2. The molecule has 1 aromatic carbocycles. The van der Waals surface area contributed by atoms with Crippen LogP contribution in [0.1, 0.15) is 38.8 Å². The van der Waals surface area contributed by atoms with Crippen LogP contribution in [0, 0.1) is 5.41 Å². The lowest BCUT2D eigenvalue weighted by Crippen LogP contribution is -2.41. The van der Waals surface area contributed by atoms with Crippen LogP contribution in [0.3, 0.4) is 0 Å². The monoisotopic (exact) mass is 410 g/mol. The van der Waals surface area contributed by atoms with E-state index >= 15 is 0 Å². The van der Waals surface area contributed by atoms with E-state index in [4.69, 9.17) is 14.9 Å². The lowest BCUT2D eigenvalue weighted by atomic mass is 10.1. The van der Waals surface area contributed by atoms with Crippen LogP contribution in [0.4, 0.5) is 8.78 Å². The van der Waals surface area contributed by atoms with E-state index in [-0.39, 0.29) is 30.5 Å². The van der Waals surface area contributed by atoms with Gasteiger partial charge in [-0.25, -0.2) is 13.8 Å². The number of rotatable bonds is 8. The van der Waals surface area contributed by atoms with Gasteiger partial charge in [-0.2, -0.15) is 0 Å². The summed E-state index contributed by atoms with van der Waals surface area (Å²) >= 11 is 0. The Kier molecular flexibility index (Phi) is 8.35. The number of amides is 1. The van der Waals surface area contributed by atoms with E-state index in [1.807, 2.05) is 31.2 Å². The number of alkyl halides is 2. The summed E-state index contributed by atoms with van der Waals surface area (Å²) in [4.78, 5) is 16.4. The summed E-state index contributed by atoms with van der Waals surface area (Å²) < 4.78 is 38.1. The molecule has 29 heavy (non-hydrogen) atoms. The summed E-state index contributed by atoms with van der Waals surface area (Å²) in [5.41, 5.74) is 0.952. The maximum absolute atomic E-state index is 14.5. The first-order chi connectivity index (χ1) is 13.8. The van der Waals surface area contributed by atoms with Gasteiger partial charge in [-0.3, -0.25) is 10.2 Å². The van der Waals surface area contributed by atoms with Gasteiger partial charge < -0.3 is 19.7 Å². The van der Waals surface area contributed by atoms with Crippen molar-refractivity contribution in [3.8, 4) is 5.75 Å². The van der Waals surface area contributed by atoms with Crippen LogP contribution >= 0.6 is 0 Å². The molecular weight excluding hydrogens is 382 g/mol. The minimum Gasteiger partial charge on any atom is -0.489 e. The molecule has 0 spiro atoms. The van der Waals surface area contributed by atoms with Crippen molar-refractivity contribution in [2.24, 2.45) is 4.99 Å². The van der Waals surface area contributed by atoms with Crippen molar-refractivity contribution >= 4 is 17.6 Å². The van der Waals surface area contributed by atoms with Crippen molar-refractivity contribution in [2.45, 2.75) is 45.5 Å². The highest BCUT2D eigenvalue weighted by Gasteiger charge is 2.33. The number of hydrogen-bond acceptors (Lipinski definition) is 5. The number of nitrogens with one attached hydrogen (secondary N) is 2. The number of nitrogens with zero attached hydrogens (tertiary/aromatic N) is 2. The van der Waals surface area contributed by atoms with Crippen molar-refractivity contribution in [2.75, 3.05) is 26.5 Å². The molecule has 1 amide bonds. The standard InChI is InChI=1S/C20H28F2N4O3/c1-4-28-19(23)18(22)20(24-12-21)26-10-9-17(11-26)29-16-7-5-15(6-8-16)13(2)25-14(3)27/h5-8,13,17-18,23H,4,9-12H2,1-3H3,(H,25,27). The van der Waals surface area contributed by atoms with Gasteiger partial charge in [-0.15, -0.1) is 0 Å². The topological polar surface area (TPSA) is 87.0 Å². The number of hydrogen-bond donors (Lipinski definition) is 2. The highest BCUT2D eigenvalue weighted by molar-refractivity contribution is 6.04. The van der Waals surface area contributed by atoms with Crippen LogP contribution in [0.2, 0.25) is 0 Å². The van der Waals surface area contributed by atoms with Gasteiger partial charge in [0, 0.05) is 19.9 Å². The van der Waals surface area contributed by atoms with Crippen molar-refractivity contribution in [3.05, 3.63) is 29.8 Å². The van der Waals surface area contributed by atoms with Gasteiger partial charge in [0.05, 0.1) is 19.2 Å². The smallest absolute Gasteiger partial charge is 0.231 e. The Morgan fingerprint density at radius 3 is 2.69 bits per heavy atom. The lowest BCUT2D eigenvalue weighted by molar-refractivity contribution is -0.119. The van der Waals surface area contributed by atoms with Gasteiger partial charge >= 0.3 is 0 Å². The molecule has 3 unspecified atom stereocenters. The molecule has 0 aromatic heterocycles. The van der Waals surface area contributed by atoms with E-state index in [2.05, 4.69) is 10.3 Å². The molecule has 0 radical (unpaired) electrons. The van der Waals surface area contributed by atoms with Gasteiger partial charge in [-0.1, -0.05) is 12.1 Å². The number of likely N-dealkylation sites (tertiary alicyclic amines) is 1. The number of carbonyl (C=O) groups is 1. The van der Waals surface area contributed by atoms with Crippen LogP contribution in [0.15, 0.2) is 29.3 Å². The lowest BCUT2D eigenvalue weighted by Gasteiger charge is -2.23. The molecule has 0 bridgehead atoms. The van der Waals surface area contributed by atoms with Crippen LogP contribution in [-0.2, 0) is 9.53 Å². The Morgan fingerprint density at radius 2 is 2.10 bits per heavy atom. The molecule has 7 nitrogen and oxygen atoms in total. The number of benzene rings is 1. The summed E-state index contributed by atoms with van der Waals surface area (Å²) in [5.74, 6) is -0.166. The summed E-state index contributed by atoms with van der Waals surface area (Å²) in [7, 11) is 0. The number of amidine groups is 1. The Morgan fingerprint density at radius 1 is 1.41 bits per heavy atom. The number of aliphatic imine (C=N–C) groups is 1. The molecule has 1 heterocycles. The zero-order valence-corrected chi connectivity index (χ0v) is 17.0. The third kappa shape index (κ3) is 6.40. The molecule has 2 N–H and O–H groups in total. The molecule has 2 rings (SSSR count). The Bertz CT molecular complexity index is 727. The SMILES string of the molecule is CCOC(=N)C(F)C(=NCF)N1CCC(Oc2ccc(C(C)NC(C)=O)cc2)C1. The molecule has 0 aliphatic carbocycles. The molecule has 1 aromatic rings. The van der Waals surface area contributed by atoms with Crippen LogP contribution in [0.25, 0.3) is 0 Å². The zero-order chi connectivity index (χ0) is 21.4. The second kappa shape index (κ2) is 10.7. The predicted molar refractivity (Wildman–Crippen MR) is 107 cm³/mol. The van der Waals surface area contributed by atoms with Gasteiger partial charge in [-0.05, 0) is 31.5 Å². The quantitative estimate of drug-likeness (QED) is 0.392. The molecule has 3 atom stereocenters. The first kappa shape index (κ1) is 22.6. The van der Waals surface area contributed by atoms with Crippen molar-refractivity contribution in [1.82, 2.24) is 10.2 Å². The van der Waals surface area contributed by atoms with E-state index in [1.54, 1.807) is 11.8 Å². The van der Waals surface area contributed by atoms with E-state index in [0.717, 1.165) is 5.56 Å². The van der Waals surface area contributed by atoms with Crippen molar-refractivity contribution in [3.63, 3.8) is 0 Å². The third-order valence-corrected chi connectivity index (χ3v) is 4.55. The summed E-state index contributed by atoms with van der Waals surface area (Å²) in [6.45, 7) is 4.89. The highest BCUT2D eigenvalue weighted by Crippen LogP contribution is 2.22. The third-order valence-electron chi connectivity index (χ3n) is 4.55. The van der Waals surface area contributed by atoms with E-state index in [9.17, 15) is 13.6 Å². The summed E-state index contributed by atoms with van der Waals surface area (Å²) in [6, 6.07) is 7.27. The summed E-state index contributed by atoms with van der Waals surface area (Å²) in [5, 5.41) is 10.4. The fourth-order valence-electron chi connectivity index (χ4n) is 3.20. The fraction of sp³-hybridized carbons (Fsp3) is 0.550. The normalized spacial score (nSPS) is 18.9. The minimum absolute atomic E-state index is 0.0989. The highest BCUT2D eigenvalue weighted by atomic mass is 19.1. The fourth-order valence-corrected chi connectivity index (χ4v) is 3.20. The van der Waals surface area contributed by atoms with Gasteiger partial charge in [0.15, 0.2) is 6.80 Å². The van der Waals surface area contributed by atoms with E-state index < -0.39 is 18.9 Å². The van der Waals surface area contributed by atoms with Crippen molar-refractivity contribution in [1.29, 1.82) is 5.41 Å². The van der Waals surface area contributed by atoms with Gasteiger partial charge in [0.1, 0.15) is 17.7 Å². The molecule has 1 fully saturated rings. The second-order valence-electron chi connectivity index (χ2n) is 6.76. The van der Waals surface area contributed by atoms with Crippen LogP contribution < -0.4 is 10.1 Å². The molecule has 1 aliphatic rings. The molecule has 1 aliphatic heterocycles. The van der Waals surface area contributed by atoms with Gasteiger partial charge in [0.25, 0.3) is 0 Å². The molecular formula is C20H28F2N4O3. The van der Waals surface area contributed by atoms with Gasteiger partial charge in [0.2, 0.25) is 18.0 Å². The predicted octanol–water partition coefficient (Wildman–Crippen LogP) is 3.01. The van der Waals surface area contributed by atoms with Crippen molar-refractivity contribution < 1.29 is 23.0 Å². The largest absolute Gasteiger partial charge is 0.489 e. The minimum atomic E-state index is -1.90. The molecule has 1 saturated heterocycles. The number of carbonyl (C=O) groups excluding carboxylic acids is 1. The van der Waals surface area contributed by atoms with E-state index in [0.29, 0.717) is 25.3 Å². The average Bonchev–Trinajstić information content (AvgIpc) is 3.13.